The molecule has 0 saturated carbocycles. The van der Waals surface area contributed by atoms with Gasteiger partial charge in [-0.25, -0.2) is 9.78 Å². The second-order valence-electron chi connectivity index (χ2n) is 4.72. The number of hydrogen-bond donors (Lipinski definition) is 0. The van der Waals surface area contributed by atoms with Gasteiger partial charge in [0.25, 0.3) is 0 Å². The molecule has 2 aromatic carbocycles. The first kappa shape index (κ1) is 15.3. The maximum absolute atomic E-state index is 12.2. The van der Waals surface area contributed by atoms with Gasteiger partial charge in [-0.2, -0.15) is 0 Å². The van der Waals surface area contributed by atoms with Crippen LogP contribution in [-0.2, 0) is 11.3 Å². The highest BCUT2D eigenvalue weighted by atomic mass is 32.1. The molecule has 0 unspecified atom stereocenters. The first-order chi connectivity index (χ1) is 11.2. The summed E-state index contributed by atoms with van der Waals surface area (Å²) in [6, 6.07) is 12.7. The Kier molecular flexibility index (Phi) is 4.43. The van der Waals surface area contributed by atoms with E-state index < -0.39 is 5.97 Å². The molecule has 0 saturated heterocycles. The Morgan fingerprint density at radius 3 is 2.61 bits per heavy atom. The lowest BCUT2D eigenvalue weighted by atomic mass is 10.2. The maximum Gasteiger partial charge on any atom is 0.338 e. The van der Waals surface area contributed by atoms with Crippen molar-refractivity contribution >= 4 is 27.5 Å². The number of hydrogen-bond acceptors (Lipinski definition) is 6. The molecule has 0 aliphatic carbocycles. The molecule has 0 spiro atoms. The summed E-state index contributed by atoms with van der Waals surface area (Å²) in [5, 5.41) is 0.764. The predicted octanol–water partition coefficient (Wildman–Crippen LogP) is 3.67. The average molecular weight is 329 g/mol. The van der Waals surface area contributed by atoms with Gasteiger partial charge < -0.3 is 14.2 Å². The van der Waals surface area contributed by atoms with Gasteiger partial charge in [-0.05, 0) is 30.3 Å². The van der Waals surface area contributed by atoms with Crippen molar-refractivity contribution in [3.05, 3.63) is 53.0 Å². The molecule has 5 nitrogen and oxygen atoms in total. The van der Waals surface area contributed by atoms with Gasteiger partial charge in [-0.15, -0.1) is 11.3 Å². The Hall–Kier alpha value is -2.60. The van der Waals surface area contributed by atoms with Crippen molar-refractivity contribution in [3.63, 3.8) is 0 Å². The molecule has 0 bridgehead atoms. The summed E-state index contributed by atoms with van der Waals surface area (Å²) >= 11 is 1.52. The van der Waals surface area contributed by atoms with Crippen molar-refractivity contribution in [2.75, 3.05) is 14.2 Å². The minimum absolute atomic E-state index is 0.145. The number of esters is 1. The zero-order valence-corrected chi connectivity index (χ0v) is 13.6. The van der Waals surface area contributed by atoms with E-state index in [0.717, 1.165) is 15.2 Å². The van der Waals surface area contributed by atoms with Crippen LogP contribution in [-0.4, -0.2) is 25.2 Å². The molecule has 0 N–H and O–H groups in total. The molecular formula is C17H15NO4S. The van der Waals surface area contributed by atoms with Crippen LogP contribution < -0.4 is 9.47 Å². The van der Waals surface area contributed by atoms with Gasteiger partial charge in [0, 0.05) is 0 Å². The highest BCUT2D eigenvalue weighted by Crippen LogP contribution is 2.28. The van der Waals surface area contributed by atoms with Gasteiger partial charge in [0.2, 0.25) is 0 Å². The summed E-state index contributed by atoms with van der Waals surface area (Å²) in [4.78, 5) is 16.6. The second kappa shape index (κ2) is 6.66. The van der Waals surface area contributed by atoms with Gasteiger partial charge >= 0.3 is 5.97 Å². The summed E-state index contributed by atoms with van der Waals surface area (Å²) in [7, 11) is 3.07. The van der Waals surface area contributed by atoms with E-state index in [9.17, 15) is 4.79 Å². The summed E-state index contributed by atoms with van der Waals surface area (Å²) in [6.07, 6.45) is 0. The van der Waals surface area contributed by atoms with E-state index in [4.69, 9.17) is 14.2 Å². The van der Waals surface area contributed by atoms with E-state index in [1.807, 2.05) is 24.3 Å². The number of rotatable bonds is 5. The molecular weight excluding hydrogens is 314 g/mol. The maximum atomic E-state index is 12.2. The zero-order chi connectivity index (χ0) is 16.2. The number of benzene rings is 2. The lowest BCUT2D eigenvalue weighted by Crippen LogP contribution is -2.05. The minimum Gasteiger partial charge on any atom is -0.493 e. The van der Waals surface area contributed by atoms with E-state index in [1.54, 1.807) is 25.3 Å². The van der Waals surface area contributed by atoms with Gasteiger partial charge in [0.1, 0.15) is 11.6 Å². The third-order valence-electron chi connectivity index (χ3n) is 3.28. The van der Waals surface area contributed by atoms with Crippen LogP contribution in [0.3, 0.4) is 0 Å². The van der Waals surface area contributed by atoms with Crippen molar-refractivity contribution in [3.8, 4) is 11.5 Å². The number of aromatic nitrogens is 1. The number of nitrogens with zero attached hydrogens (tertiary/aromatic N) is 1. The molecule has 0 fully saturated rings. The molecule has 0 amide bonds. The van der Waals surface area contributed by atoms with Gasteiger partial charge in [-0.3, -0.25) is 0 Å². The number of para-hydroxylation sites is 1. The zero-order valence-electron chi connectivity index (χ0n) is 12.7. The van der Waals surface area contributed by atoms with Crippen LogP contribution in [0.15, 0.2) is 42.5 Å². The van der Waals surface area contributed by atoms with Crippen LogP contribution in [0.5, 0.6) is 11.5 Å². The SMILES string of the molecule is COc1ccc(C(=O)OCc2nc3ccccc3s2)cc1OC. The first-order valence-corrected chi connectivity index (χ1v) is 7.76. The number of ether oxygens (including phenoxy) is 3. The Bertz CT molecular complexity index is 810. The third kappa shape index (κ3) is 3.27. The van der Waals surface area contributed by atoms with Gasteiger partial charge in [0.05, 0.1) is 30.0 Å². The molecule has 1 aromatic heterocycles. The normalized spacial score (nSPS) is 10.5. The standard InChI is InChI=1S/C17H15NO4S/c1-20-13-8-7-11(9-14(13)21-2)17(19)22-10-16-18-12-5-3-4-6-15(12)23-16/h3-9H,10H2,1-2H3. The average Bonchev–Trinajstić information content (AvgIpc) is 3.01. The van der Waals surface area contributed by atoms with Crippen LogP contribution >= 0.6 is 11.3 Å². The first-order valence-electron chi connectivity index (χ1n) is 6.95. The fourth-order valence-electron chi connectivity index (χ4n) is 2.16. The molecule has 0 aliphatic heterocycles. The van der Waals surface area contributed by atoms with Crippen molar-refractivity contribution in [1.82, 2.24) is 4.98 Å². The van der Waals surface area contributed by atoms with E-state index in [2.05, 4.69) is 4.98 Å². The fraction of sp³-hybridized carbons (Fsp3) is 0.176. The van der Waals surface area contributed by atoms with Gasteiger partial charge in [-0.1, -0.05) is 12.1 Å². The molecule has 3 rings (SSSR count). The lowest BCUT2D eigenvalue weighted by Gasteiger charge is -2.09. The number of carbonyl (C=O) groups is 1. The fourth-order valence-corrected chi connectivity index (χ4v) is 3.04. The summed E-state index contributed by atoms with van der Waals surface area (Å²) in [5.41, 5.74) is 1.32. The largest absolute Gasteiger partial charge is 0.493 e. The molecule has 0 aliphatic rings. The van der Waals surface area contributed by atoms with Crippen molar-refractivity contribution in [1.29, 1.82) is 0 Å². The van der Waals surface area contributed by atoms with Crippen molar-refractivity contribution in [2.24, 2.45) is 0 Å². The number of methoxy groups -OCH3 is 2. The van der Waals surface area contributed by atoms with Crippen molar-refractivity contribution in [2.45, 2.75) is 6.61 Å². The van der Waals surface area contributed by atoms with Crippen LogP contribution in [0.25, 0.3) is 10.2 Å². The molecule has 3 aromatic rings. The monoisotopic (exact) mass is 329 g/mol. The van der Waals surface area contributed by atoms with E-state index in [1.165, 1.54) is 18.4 Å². The topological polar surface area (TPSA) is 57.7 Å². The molecule has 6 heteroatoms. The van der Waals surface area contributed by atoms with Crippen LogP contribution in [0.1, 0.15) is 15.4 Å². The van der Waals surface area contributed by atoms with Gasteiger partial charge in [0.15, 0.2) is 11.5 Å². The Morgan fingerprint density at radius 2 is 1.87 bits per heavy atom. The second-order valence-corrected chi connectivity index (χ2v) is 5.84. The molecule has 0 radical (unpaired) electrons. The minimum atomic E-state index is -0.426. The van der Waals surface area contributed by atoms with Crippen LogP contribution in [0.2, 0.25) is 0 Å². The number of thiazole rings is 1. The molecule has 0 atom stereocenters. The summed E-state index contributed by atoms with van der Waals surface area (Å²) < 4.78 is 16.7. The quantitative estimate of drug-likeness (QED) is 0.669. The highest BCUT2D eigenvalue weighted by Gasteiger charge is 2.13. The van der Waals surface area contributed by atoms with E-state index in [-0.39, 0.29) is 6.61 Å². The van der Waals surface area contributed by atoms with E-state index >= 15 is 0 Å². The Morgan fingerprint density at radius 1 is 1.09 bits per heavy atom. The van der Waals surface area contributed by atoms with E-state index in [0.29, 0.717) is 17.1 Å². The number of carbonyl (C=O) groups excluding carboxylic acids is 1. The van der Waals surface area contributed by atoms with Crippen LogP contribution in [0.4, 0.5) is 0 Å². The smallest absolute Gasteiger partial charge is 0.338 e. The lowest BCUT2D eigenvalue weighted by molar-refractivity contribution is 0.0472. The molecule has 118 valence electrons. The Labute approximate surface area is 137 Å². The van der Waals surface area contributed by atoms with Crippen LogP contribution in [0, 0.1) is 0 Å². The predicted molar refractivity (Wildman–Crippen MR) is 88.3 cm³/mol. The summed E-state index contributed by atoms with van der Waals surface area (Å²) in [5.74, 6) is 0.627. The molecule has 1 heterocycles. The Balaban J connectivity index is 1.71. The molecule has 23 heavy (non-hydrogen) atoms. The summed E-state index contributed by atoms with van der Waals surface area (Å²) in [6.45, 7) is 0.145. The van der Waals surface area contributed by atoms with Crippen molar-refractivity contribution < 1.29 is 19.0 Å². The third-order valence-corrected chi connectivity index (χ3v) is 4.29. The highest BCUT2D eigenvalue weighted by molar-refractivity contribution is 7.18. The number of fused-ring (bicyclic) bond motifs is 1.